The van der Waals surface area contributed by atoms with E-state index in [1.165, 1.54) is 54.6 Å². The average molecular weight is 915 g/mol. The first-order valence-corrected chi connectivity index (χ1v) is 21.4. The van der Waals surface area contributed by atoms with E-state index in [-0.39, 0.29) is 42.0 Å². The molecule has 2 aliphatic rings. The Balaban J connectivity index is 0.000000239. The summed E-state index contributed by atoms with van der Waals surface area (Å²) in [6.07, 6.45) is -4.14. The van der Waals surface area contributed by atoms with Crippen LogP contribution in [0, 0.1) is 11.6 Å². The monoisotopic (exact) mass is 914 g/mol. The SMILES string of the molecule is O=C(CCc1ccc(S(=O)(=O)C(F)(F)F)cc1)N1CCN(CCOc2ccc(F)cc2)CC1.O=C(Cc1ccc(OC(F)(F)F)cc1)N1CCN(CCOc2ccccc2F)CC1. The Morgan fingerprint density at radius 3 is 1.63 bits per heavy atom. The second kappa shape index (κ2) is 22.2. The number of amides is 2. The Kier molecular flexibility index (Phi) is 17.1. The third-order valence-corrected chi connectivity index (χ3v) is 11.6. The number of halogens is 8. The van der Waals surface area contributed by atoms with Gasteiger partial charge in [-0.05, 0) is 78.2 Å². The minimum atomic E-state index is -5.38. The summed E-state index contributed by atoms with van der Waals surface area (Å²) < 4.78 is 139. The number of carbonyl (C=O) groups is 2. The van der Waals surface area contributed by atoms with Crippen molar-refractivity contribution in [2.45, 2.75) is 36.0 Å². The van der Waals surface area contributed by atoms with Crippen LogP contribution in [0.25, 0.3) is 0 Å². The number of piperazine rings is 2. The summed E-state index contributed by atoms with van der Waals surface area (Å²) in [4.78, 5) is 31.9. The van der Waals surface area contributed by atoms with Gasteiger partial charge in [-0.1, -0.05) is 36.4 Å². The maximum absolute atomic E-state index is 13.5. The van der Waals surface area contributed by atoms with Crippen molar-refractivity contribution >= 4 is 21.7 Å². The van der Waals surface area contributed by atoms with Gasteiger partial charge in [-0.2, -0.15) is 13.2 Å². The topological polar surface area (TPSA) is 109 Å². The van der Waals surface area contributed by atoms with Crippen LogP contribution in [-0.2, 0) is 32.3 Å². The number of para-hydroxylation sites is 1. The van der Waals surface area contributed by atoms with Gasteiger partial charge < -0.3 is 24.0 Å². The zero-order valence-corrected chi connectivity index (χ0v) is 34.7. The lowest BCUT2D eigenvalue weighted by atomic mass is 10.1. The molecule has 0 saturated carbocycles. The number of rotatable bonds is 15. The van der Waals surface area contributed by atoms with Crippen molar-refractivity contribution in [3.8, 4) is 17.2 Å². The lowest BCUT2D eigenvalue weighted by Gasteiger charge is -2.34. The van der Waals surface area contributed by atoms with Gasteiger partial charge in [0.15, 0.2) is 11.6 Å². The zero-order chi connectivity index (χ0) is 45.6. The van der Waals surface area contributed by atoms with E-state index in [1.54, 1.807) is 40.1 Å². The van der Waals surface area contributed by atoms with Crippen molar-refractivity contribution in [2.75, 3.05) is 78.7 Å². The number of benzene rings is 4. The highest BCUT2D eigenvalue weighted by Crippen LogP contribution is 2.30. The van der Waals surface area contributed by atoms with E-state index < -0.39 is 32.4 Å². The highest BCUT2D eigenvalue weighted by atomic mass is 32.2. The predicted octanol–water partition coefficient (Wildman–Crippen LogP) is 6.77. The molecule has 2 aliphatic heterocycles. The van der Waals surface area contributed by atoms with Crippen LogP contribution in [0.2, 0.25) is 0 Å². The number of nitrogens with zero attached hydrogens (tertiary/aromatic N) is 4. The van der Waals surface area contributed by atoms with Gasteiger partial charge in [0.1, 0.15) is 30.5 Å². The maximum atomic E-state index is 13.5. The molecule has 2 fully saturated rings. The number of aryl methyl sites for hydroxylation is 1. The Morgan fingerprint density at radius 1 is 0.587 bits per heavy atom. The normalized spacial score (nSPS) is 15.3. The molecular weight excluding hydrogens is 869 g/mol. The fourth-order valence-corrected chi connectivity index (χ4v) is 7.35. The molecule has 0 unspecified atom stereocenters. The first-order chi connectivity index (χ1) is 29.9. The smallest absolute Gasteiger partial charge is 0.492 e. The predicted molar refractivity (Wildman–Crippen MR) is 215 cm³/mol. The Hall–Kier alpha value is -5.47. The molecule has 342 valence electrons. The number of sulfone groups is 1. The van der Waals surface area contributed by atoms with E-state index in [1.807, 2.05) is 0 Å². The van der Waals surface area contributed by atoms with Gasteiger partial charge in [-0.15, -0.1) is 13.2 Å². The van der Waals surface area contributed by atoms with Crippen LogP contribution in [0.1, 0.15) is 17.5 Å². The van der Waals surface area contributed by atoms with Crippen LogP contribution in [-0.4, -0.2) is 130 Å². The van der Waals surface area contributed by atoms with E-state index in [0.717, 1.165) is 12.1 Å². The van der Waals surface area contributed by atoms with Crippen LogP contribution in [0.15, 0.2) is 102 Å². The molecule has 20 heteroatoms. The van der Waals surface area contributed by atoms with Gasteiger partial charge in [0, 0.05) is 71.9 Å². The molecule has 0 radical (unpaired) electrons. The quantitative estimate of drug-likeness (QED) is 0.120. The van der Waals surface area contributed by atoms with Crippen LogP contribution in [0.3, 0.4) is 0 Å². The van der Waals surface area contributed by atoms with Crippen molar-refractivity contribution in [2.24, 2.45) is 0 Å². The third-order valence-electron chi connectivity index (χ3n) is 10.1. The number of alkyl halides is 6. The molecule has 0 aliphatic carbocycles. The van der Waals surface area contributed by atoms with E-state index in [0.29, 0.717) is 102 Å². The summed E-state index contributed by atoms with van der Waals surface area (Å²) in [5.41, 5.74) is -4.14. The molecule has 11 nitrogen and oxygen atoms in total. The van der Waals surface area contributed by atoms with Gasteiger partial charge in [0.05, 0.1) is 11.3 Å². The molecule has 0 bridgehead atoms. The summed E-state index contributed by atoms with van der Waals surface area (Å²) in [5.74, 6) is -0.372. The van der Waals surface area contributed by atoms with Crippen molar-refractivity contribution < 1.29 is 67.3 Å². The number of hydrogen-bond donors (Lipinski definition) is 0. The third kappa shape index (κ3) is 15.4. The van der Waals surface area contributed by atoms with Gasteiger partial charge in [-0.25, -0.2) is 17.2 Å². The summed E-state index contributed by atoms with van der Waals surface area (Å²) in [6.45, 7) is 7.00. The summed E-state index contributed by atoms with van der Waals surface area (Å²) in [7, 11) is -5.38. The van der Waals surface area contributed by atoms with Gasteiger partial charge >= 0.3 is 11.9 Å². The van der Waals surface area contributed by atoms with Gasteiger partial charge in [-0.3, -0.25) is 19.4 Å². The molecule has 0 aromatic heterocycles. The highest BCUT2D eigenvalue weighted by molar-refractivity contribution is 7.92. The lowest BCUT2D eigenvalue weighted by Crippen LogP contribution is -2.49. The van der Waals surface area contributed by atoms with Crippen LogP contribution < -0.4 is 14.2 Å². The first kappa shape index (κ1) is 48.6. The fourth-order valence-electron chi connectivity index (χ4n) is 6.59. The van der Waals surface area contributed by atoms with Gasteiger partial charge in [0.25, 0.3) is 9.84 Å². The largest absolute Gasteiger partial charge is 0.573 e. The van der Waals surface area contributed by atoms with Crippen molar-refractivity contribution in [1.29, 1.82) is 0 Å². The minimum Gasteiger partial charge on any atom is -0.492 e. The average Bonchev–Trinajstić information content (AvgIpc) is 3.25. The summed E-state index contributed by atoms with van der Waals surface area (Å²) in [5, 5.41) is 0. The summed E-state index contributed by atoms with van der Waals surface area (Å²) in [6, 6.07) is 21.7. The zero-order valence-electron chi connectivity index (χ0n) is 33.9. The highest BCUT2D eigenvalue weighted by Gasteiger charge is 2.46. The van der Waals surface area contributed by atoms with E-state index >= 15 is 0 Å². The molecular formula is C43H46F8N4O7S. The lowest BCUT2D eigenvalue weighted by molar-refractivity contribution is -0.274. The van der Waals surface area contributed by atoms with Crippen LogP contribution >= 0.6 is 0 Å². The van der Waals surface area contributed by atoms with E-state index in [2.05, 4.69) is 14.5 Å². The molecule has 2 amide bonds. The van der Waals surface area contributed by atoms with E-state index in [9.17, 15) is 53.1 Å². The standard InChI is InChI=1S/C22H24F4N2O4S.C21H22F4N2O3/c23-18-4-6-19(7-5-18)32-16-15-27-11-13-28(14-12-27)21(29)10-3-17-1-8-20(9-2-17)33(30,31)22(24,25)26;22-18-3-1-2-4-19(18)29-14-13-26-9-11-27(12-10-26)20(28)15-16-5-7-17(8-6-16)30-21(23,24)25/h1-2,4-9H,3,10-16H2;1-8H,9-15H2. The molecule has 2 heterocycles. The second-order valence-corrected chi connectivity index (χ2v) is 16.4. The number of ether oxygens (including phenoxy) is 3. The first-order valence-electron chi connectivity index (χ1n) is 19.9. The summed E-state index contributed by atoms with van der Waals surface area (Å²) >= 11 is 0. The second-order valence-electron chi connectivity index (χ2n) is 14.5. The van der Waals surface area contributed by atoms with Crippen LogP contribution in [0.5, 0.6) is 17.2 Å². The number of hydrogen-bond acceptors (Lipinski definition) is 9. The molecule has 0 spiro atoms. The molecule has 2 saturated heterocycles. The Morgan fingerprint density at radius 2 is 1.10 bits per heavy atom. The minimum absolute atomic E-state index is 0.0656. The van der Waals surface area contributed by atoms with Gasteiger partial charge in [0.2, 0.25) is 11.8 Å². The van der Waals surface area contributed by atoms with Crippen molar-refractivity contribution in [3.63, 3.8) is 0 Å². The molecule has 4 aromatic rings. The fraction of sp³-hybridized carbons (Fsp3) is 0.395. The van der Waals surface area contributed by atoms with Crippen molar-refractivity contribution in [3.05, 3.63) is 120 Å². The molecule has 0 N–H and O–H groups in total. The molecule has 4 aromatic carbocycles. The molecule has 63 heavy (non-hydrogen) atoms. The molecule has 0 atom stereocenters. The van der Waals surface area contributed by atoms with Crippen LogP contribution in [0.4, 0.5) is 35.1 Å². The maximum Gasteiger partial charge on any atom is 0.573 e. The molecule has 6 rings (SSSR count). The van der Waals surface area contributed by atoms with Crippen molar-refractivity contribution in [1.82, 2.24) is 19.6 Å². The Labute approximate surface area is 359 Å². The number of carbonyl (C=O) groups excluding carboxylic acids is 2. The van der Waals surface area contributed by atoms with E-state index in [4.69, 9.17) is 9.47 Å². The Bertz CT molecular complexity index is 2180.